The van der Waals surface area contributed by atoms with E-state index in [2.05, 4.69) is 30.8 Å². The molecule has 1 aromatic carbocycles. The van der Waals surface area contributed by atoms with Gasteiger partial charge in [0.2, 0.25) is 5.95 Å². The lowest BCUT2D eigenvalue weighted by molar-refractivity contribution is 0.495. The van der Waals surface area contributed by atoms with E-state index in [1.54, 1.807) is 24.4 Å². The van der Waals surface area contributed by atoms with Crippen LogP contribution in [0.1, 0.15) is 12.8 Å². The first kappa shape index (κ1) is 14.4. The molecular formula is C15H16BrFN4. The minimum atomic E-state index is -0.288. The number of rotatable bonds is 2. The summed E-state index contributed by atoms with van der Waals surface area (Å²) >= 11 is 3.36. The first-order valence-corrected chi connectivity index (χ1v) is 7.72. The highest BCUT2D eigenvalue weighted by Crippen LogP contribution is 2.26. The van der Waals surface area contributed by atoms with E-state index in [9.17, 15) is 4.39 Å². The molecule has 0 spiro atoms. The van der Waals surface area contributed by atoms with E-state index in [-0.39, 0.29) is 11.9 Å². The van der Waals surface area contributed by atoms with Crippen LogP contribution in [0.3, 0.4) is 0 Å². The summed E-state index contributed by atoms with van der Waals surface area (Å²) in [6, 6.07) is 6.82. The normalized spacial score (nSPS) is 16.2. The van der Waals surface area contributed by atoms with Crippen molar-refractivity contribution in [1.82, 2.24) is 9.97 Å². The number of hydrogen-bond acceptors (Lipinski definition) is 4. The van der Waals surface area contributed by atoms with Crippen LogP contribution in [0.25, 0.3) is 11.3 Å². The van der Waals surface area contributed by atoms with Gasteiger partial charge in [0.25, 0.3) is 0 Å². The number of anilines is 1. The first-order chi connectivity index (χ1) is 10.1. The molecule has 0 aliphatic carbocycles. The van der Waals surface area contributed by atoms with Crippen LogP contribution >= 0.6 is 15.9 Å². The van der Waals surface area contributed by atoms with E-state index >= 15 is 0 Å². The van der Waals surface area contributed by atoms with E-state index in [1.807, 2.05) is 0 Å². The molecule has 3 rings (SSSR count). The Bertz CT molecular complexity index is 641. The third kappa shape index (κ3) is 3.22. The molecule has 1 fully saturated rings. The van der Waals surface area contributed by atoms with Gasteiger partial charge in [-0.1, -0.05) is 15.9 Å². The largest absolute Gasteiger partial charge is 0.341 e. The Balaban J connectivity index is 1.91. The lowest BCUT2D eigenvalue weighted by atomic mass is 10.1. The lowest BCUT2D eigenvalue weighted by Gasteiger charge is -2.30. The molecule has 0 bridgehead atoms. The molecule has 2 aromatic rings. The summed E-state index contributed by atoms with van der Waals surface area (Å²) < 4.78 is 14.8. The fourth-order valence-electron chi connectivity index (χ4n) is 2.44. The molecule has 21 heavy (non-hydrogen) atoms. The van der Waals surface area contributed by atoms with E-state index in [1.165, 1.54) is 6.07 Å². The van der Waals surface area contributed by atoms with E-state index in [0.717, 1.165) is 30.4 Å². The maximum atomic E-state index is 14.0. The molecule has 2 heterocycles. The summed E-state index contributed by atoms with van der Waals surface area (Å²) in [6.07, 6.45) is 3.53. The van der Waals surface area contributed by atoms with Crippen LogP contribution in [-0.4, -0.2) is 29.1 Å². The van der Waals surface area contributed by atoms with Crippen molar-refractivity contribution in [3.05, 3.63) is 40.8 Å². The quantitative estimate of drug-likeness (QED) is 0.904. The Morgan fingerprint density at radius 2 is 2.00 bits per heavy atom. The molecule has 0 atom stereocenters. The zero-order chi connectivity index (χ0) is 14.8. The smallest absolute Gasteiger partial charge is 0.225 e. The number of halogens is 2. The van der Waals surface area contributed by atoms with Crippen LogP contribution in [0.15, 0.2) is 34.9 Å². The Hall–Kier alpha value is -1.53. The predicted molar refractivity (Wildman–Crippen MR) is 84.5 cm³/mol. The van der Waals surface area contributed by atoms with Crippen LogP contribution in [-0.2, 0) is 0 Å². The summed E-state index contributed by atoms with van der Waals surface area (Å²) in [5.74, 6) is 0.349. The molecule has 0 radical (unpaired) electrons. The van der Waals surface area contributed by atoms with Crippen molar-refractivity contribution < 1.29 is 4.39 Å². The topological polar surface area (TPSA) is 55.0 Å². The molecule has 1 aromatic heterocycles. The summed E-state index contributed by atoms with van der Waals surface area (Å²) in [5, 5.41) is 0. The summed E-state index contributed by atoms with van der Waals surface area (Å²) in [4.78, 5) is 10.9. The fraction of sp³-hybridized carbons (Fsp3) is 0.333. The molecule has 2 N–H and O–H groups in total. The second-order valence-corrected chi connectivity index (χ2v) is 6.11. The van der Waals surface area contributed by atoms with E-state index < -0.39 is 0 Å². The van der Waals surface area contributed by atoms with Crippen LogP contribution in [0, 0.1) is 5.82 Å². The monoisotopic (exact) mass is 350 g/mol. The highest BCUT2D eigenvalue weighted by molar-refractivity contribution is 9.10. The van der Waals surface area contributed by atoms with Gasteiger partial charge in [-0.15, -0.1) is 0 Å². The first-order valence-electron chi connectivity index (χ1n) is 6.92. The third-order valence-electron chi connectivity index (χ3n) is 3.67. The minimum absolute atomic E-state index is 0.256. The molecule has 0 saturated carbocycles. The van der Waals surface area contributed by atoms with Gasteiger partial charge in [-0.3, -0.25) is 0 Å². The standard InChI is InChI=1S/C15H16BrFN4/c16-10-1-2-13(17)12(9-10)14-3-6-19-15(20-14)21-7-4-11(18)5-8-21/h1-3,6,9,11H,4-5,7-8,18H2. The van der Waals surface area contributed by atoms with Gasteiger partial charge in [0.1, 0.15) is 5.82 Å². The molecule has 1 saturated heterocycles. The number of nitrogens with two attached hydrogens (primary N) is 1. The zero-order valence-corrected chi connectivity index (χ0v) is 13.1. The van der Waals surface area contributed by atoms with Crippen LogP contribution in [0.5, 0.6) is 0 Å². The Morgan fingerprint density at radius 3 is 2.76 bits per heavy atom. The van der Waals surface area contributed by atoms with Gasteiger partial charge in [0, 0.05) is 35.4 Å². The maximum absolute atomic E-state index is 14.0. The maximum Gasteiger partial charge on any atom is 0.225 e. The van der Waals surface area contributed by atoms with Gasteiger partial charge in [0.05, 0.1) is 5.69 Å². The van der Waals surface area contributed by atoms with E-state index in [4.69, 9.17) is 5.73 Å². The van der Waals surface area contributed by atoms with Gasteiger partial charge in [0.15, 0.2) is 0 Å². The predicted octanol–water partition coefficient (Wildman–Crippen LogP) is 2.97. The van der Waals surface area contributed by atoms with Crippen molar-refractivity contribution in [1.29, 1.82) is 0 Å². The Kier molecular flexibility index (Phi) is 4.17. The highest BCUT2D eigenvalue weighted by atomic mass is 79.9. The number of piperidine rings is 1. The average Bonchev–Trinajstić information content (AvgIpc) is 2.50. The van der Waals surface area contributed by atoms with Crippen LogP contribution in [0.2, 0.25) is 0 Å². The third-order valence-corrected chi connectivity index (χ3v) is 4.16. The molecule has 0 amide bonds. The van der Waals surface area contributed by atoms with Crippen molar-refractivity contribution in [2.45, 2.75) is 18.9 Å². The molecule has 1 aliphatic rings. The highest BCUT2D eigenvalue weighted by Gasteiger charge is 2.19. The van der Waals surface area contributed by atoms with Crippen molar-refractivity contribution in [3.8, 4) is 11.3 Å². The average molecular weight is 351 g/mol. The van der Waals surface area contributed by atoms with Crippen molar-refractivity contribution >= 4 is 21.9 Å². The lowest BCUT2D eigenvalue weighted by Crippen LogP contribution is -2.40. The van der Waals surface area contributed by atoms with Gasteiger partial charge < -0.3 is 10.6 Å². The number of benzene rings is 1. The SMILES string of the molecule is NC1CCN(c2nccc(-c3cc(Br)ccc3F)n2)CC1. The Labute approximate surface area is 131 Å². The molecule has 1 aliphatic heterocycles. The van der Waals surface area contributed by atoms with Crippen LogP contribution in [0.4, 0.5) is 10.3 Å². The second-order valence-electron chi connectivity index (χ2n) is 5.19. The minimum Gasteiger partial charge on any atom is -0.341 e. The number of aromatic nitrogens is 2. The van der Waals surface area contributed by atoms with E-state index in [0.29, 0.717) is 17.2 Å². The Morgan fingerprint density at radius 1 is 1.24 bits per heavy atom. The molecule has 0 unspecified atom stereocenters. The molecular weight excluding hydrogens is 335 g/mol. The summed E-state index contributed by atoms with van der Waals surface area (Å²) in [5.41, 5.74) is 6.98. The zero-order valence-electron chi connectivity index (χ0n) is 11.5. The van der Waals surface area contributed by atoms with Gasteiger partial charge >= 0.3 is 0 Å². The van der Waals surface area contributed by atoms with Crippen molar-refractivity contribution in [3.63, 3.8) is 0 Å². The molecule has 4 nitrogen and oxygen atoms in total. The van der Waals surface area contributed by atoms with Gasteiger partial charge in [-0.05, 0) is 37.1 Å². The van der Waals surface area contributed by atoms with Crippen LogP contribution < -0.4 is 10.6 Å². The fourth-order valence-corrected chi connectivity index (χ4v) is 2.81. The number of hydrogen-bond donors (Lipinski definition) is 1. The second kappa shape index (κ2) is 6.07. The number of nitrogens with zero attached hydrogens (tertiary/aromatic N) is 3. The van der Waals surface area contributed by atoms with Gasteiger partial charge in [-0.25, -0.2) is 14.4 Å². The molecule has 6 heteroatoms. The summed E-state index contributed by atoms with van der Waals surface area (Å²) in [6.45, 7) is 1.68. The van der Waals surface area contributed by atoms with Crippen molar-refractivity contribution in [2.24, 2.45) is 5.73 Å². The summed E-state index contributed by atoms with van der Waals surface area (Å²) in [7, 11) is 0. The van der Waals surface area contributed by atoms with Gasteiger partial charge in [-0.2, -0.15) is 0 Å². The molecule has 110 valence electrons. The van der Waals surface area contributed by atoms with Crippen molar-refractivity contribution in [2.75, 3.05) is 18.0 Å².